The van der Waals surface area contributed by atoms with Crippen molar-refractivity contribution in [3.63, 3.8) is 0 Å². The average Bonchev–Trinajstić information content (AvgIpc) is 2.47. The maximum absolute atomic E-state index is 5.68. The maximum atomic E-state index is 5.68. The van der Waals surface area contributed by atoms with Crippen molar-refractivity contribution in [2.75, 3.05) is 24.6 Å². The molecule has 1 aliphatic rings. The second-order valence-corrected chi connectivity index (χ2v) is 4.90. The van der Waals surface area contributed by atoms with Gasteiger partial charge in [-0.05, 0) is 19.8 Å². The molecule has 1 saturated heterocycles. The minimum absolute atomic E-state index is 0.0516. The van der Waals surface area contributed by atoms with Crippen LogP contribution in [0.5, 0.6) is 0 Å². The Labute approximate surface area is 114 Å². The van der Waals surface area contributed by atoms with Crippen molar-refractivity contribution in [1.29, 1.82) is 0 Å². The third-order valence-corrected chi connectivity index (χ3v) is 3.52. The van der Waals surface area contributed by atoms with Gasteiger partial charge in [0.05, 0.1) is 30.1 Å². The summed E-state index contributed by atoms with van der Waals surface area (Å²) in [6.45, 7) is 8.18. The third-order valence-electron chi connectivity index (χ3n) is 3.52. The highest BCUT2D eigenvalue weighted by Crippen LogP contribution is 2.18. The summed E-state index contributed by atoms with van der Waals surface area (Å²) in [5, 5.41) is 8.57. The lowest BCUT2D eigenvalue weighted by molar-refractivity contribution is 0.0275. The van der Waals surface area contributed by atoms with Crippen LogP contribution < -0.4 is 10.6 Å². The Hall–Kier alpha value is -1.27. The van der Waals surface area contributed by atoms with Gasteiger partial charge in [-0.3, -0.25) is 0 Å². The Balaban J connectivity index is 2.24. The van der Waals surface area contributed by atoms with Crippen LogP contribution in [-0.4, -0.2) is 47.0 Å². The predicted molar refractivity (Wildman–Crippen MR) is 74.2 cm³/mol. The second-order valence-electron chi connectivity index (χ2n) is 4.90. The summed E-state index contributed by atoms with van der Waals surface area (Å²) >= 11 is 0. The van der Waals surface area contributed by atoms with Gasteiger partial charge in [0.25, 0.3) is 0 Å². The van der Waals surface area contributed by atoms with Crippen LogP contribution in [0.2, 0.25) is 0 Å². The monoisotopic (exact) mass is 265 g/mol. The molecule has 2 heterocycles. The number of nitrogens with zero attached hydrogens (tertiary/aromatic N) is 4. The summed E-state index contributed by atoms with van der Waals surface area (Å²) in [6.07, 6.45) is 1.80. The minimum Gasteiger partial charge on any atom is -0.373 e. The number of anilines is 1. The average molecular weight is 265 g/mol. The molecule has 19 heavy (non-hydrogen) atoms. The summed E-state index contributed by atoms with van der Waals surface area (Å²) in [5.74, 6) is 0.698. The number of aromatic nitrogens is 3. The van der Waals surface area contributed by atoms with Crippen LogP contribution in [0.1, 0.15) is 32.2 Å². The molecule has 0 bridgehead atoms. The Morgan fingerprint density at radius 2 is 2.00 bits per heavy atom. The van der Waals surface area contributed by atoms with Crippen molar-refractivity contribution in [3.8, 4) is 0 Å². The molecule has 106 valence electrons. The van der Waals surface area contributed by atoms with Crippen molar-refractivity contribution < 1.29 is 4.74 Å². The molecule has 0 spiro atoms. The summed E-state index contributed by atoms with van der Waals surface area (Å²) in [7, 11) is 0. The van der Waals surface area contributed by atoms with Gasteiger partial charge in [0, 0.05) is 13.1 Å². The summed E-state index contributed by atoms with van der Waals surface area (Å²) in [4.78, 5) is 6.81. The molecule has 1 aliphatic heterocycles. The van der Waals surface area contributed by atoms with Crippen LogP contribution in [0.4, 0.5) is 5.95 Å². The molecule has 0 aliphatic carbocycles. The standard InChI is InChI=1S/C13H23N5O/c1-4-11-12(5-2)16-17-13(15-11)18-7-10(6-14)19-8-9(18)3/h9-10H,4-8,14H2,1-3H3. The number of nitrogens with two attached hydrogens (primary N) is 1. The number of hydrogen-bond acceptors (Lipinski definition) is 6. The van der Waals surface area contributed by atoms with Gasteiger partial charge in [-0.2, -0.15) is 5.10 Å². The molecule has 0 aromatic carbocycles. The molecule has 1 aromatic rings. The molecule has 0 radical (unpaired) electrons. The van der Waals surface area contributed by atoms with Crippen LogP contribution in [-0.2, 0) is 17.6 Å². The molecule has 2 unspecified atom stereocenters. The van der Waals surface area contributed by atoms with Crippen molar-refractivity contribution in [3.05, 3.63) is 11.4 Å². The van der Waals surface area contributed by atoms with E-state index < -0.39 is 0 Å². The van der Waals surface area contributed by atoms with Crippen LogP contribution >= 0.6 is 0 Å². The predicted octanol–water partition coefficient (Wildman–Crippen LogP) is 0.549. The lowest BCUT2D eigenvalue weighted by atomic mass is 10.2. The van der Waals surface area contributed by atoms with Crippen molar-refractivity contribution >= 4 is 5.95 Å². The van der Waals surface area contributed by atoms with E-state index in [2.05, 4.69) is 40.9 Å². The van der Waals surface area contributed by atoms with Gasteiger partial charge < -0.3 is 15.4 Å². The fourth-order valence-corrected chi connectivity index (χ4v) is 2.29. The molecular weight excluding hydrogens is 242 g/mol. The first-order valence-electron chi connectivity index (χ1n) is 7.00. The van der Waals surface area contributed by atoms with E-state index in [0.717, 1.165) is 30.8 Å². The van der Waals surface area contributed by atoms with Gasteiger partial charge >= 0.3 is 0 Å². The molecule has 2 N–H and O–H groups in total. The molecule has 1 aromatic heterocycles. The van der Waals surface area contributed by atoms with E-state index >= 15 is 0 Å². The van der Waals surface area contributed by atoms with Crippen LogP contribution in [0, 0.1) is 0 Å². The smallest absolute Gasteiger partial charge is 0.246 e. The molecule has 6 heteroatoms. The van der Waals surface area contributed by atoms with Crippen LogP contribution in [0.15, 0.2) is 0 Å². The first-order valence-corrected chi connectivity index (χ1v) is 7.00. The summed E-state index contributed by atoms with van der Waals surface area (Å²) < 4.78 is 5.65. The summed E-state index contributed by atoms with van der Waals surface area (Å²) in [6, 6.07) is 0.252. The molecule has 2 rings (SSSR count). The topological polar surface area (TPSA) is 77.2 Å². The quantitative estimate of drug-likeness (QED) is 0.856. The molecule has 2 atom stereocenters. The maximum Gasteiger partial charge on any atom is 0.246 e. The normalized spacial score (nSPS) is 23.7. The van der Waals surface area contributed by atoms with Crippen molar-refractivity contribution in [1.82, 2.24) is 15.2 Å². The number of aryl methyl sites for hydroxylation is 2. The van der Waals surface area contributed by atoms with E-state index in [1.807, 2.05) is 0 Å². The van der Waals surface area contributed by atoms with E-state index in [9.17, 15) is 0 Å². The second kappa shape index (κ2) is 6.25. The fraction of sp³-hybridized carbons (Fsp3) is 0.769. The fourth-order valence-electron chi connectivity index (χ4n) is 2.29. The van der Waals surface area contributed by atoms with Gasteiger partial charge in [-0.1, -0.05) is 13.8 Å². The van der Waals surface area contributed by atoms with E-state index in [1.165, 1.54) is 0 Å². The number of hydrogen-bond donors (Lipinski definition) is 1. The zero-order valence-corrected chi connectivity index (χ0v) is 12.0. The molecule has 1 fully saturated rings. The van der Waals surface area contributed by atoms with Gasteiger partial charge in [-0.15, -0.1) is 5.10 Å². The van der Waals surface area contributed by atoms with Gasteiger partial charge in [-0.25, -0.2) is 4.98 Å². The highest BCUT2D eigenvalue weighted by molar-refractivity contribution is 5.33. The Morgan fingerprint density at radius 3 is 2.63 bits per heavy atom. The largest absolute Gasteiger partial charge is 0.373 e. The lowest BCUT2D eigenvalue weighted by Gasteiger charge is -2.37. The minimum atomic E-state index is 0.0516. The molecule has 0 saturated carbocycles. The van der Waals surface area contributed by atoms with E-state index in [-0.39, 0.29) is 12.1 Å². The first kappa shape index (κ1) is 14.1. The number of rotatable bonds is 4. The molecular formula is C13H23N5O. The van der Waals surface area contributed by atoms with Crippen LogP contribution in [0.25, 0.3) is 0 Å². The SMILES string of the molecule is CCc1nnc(N2CC(CN)OCC2C)nc1CC. The zero-order valence-electron chi connectivity index (χ0n) is 12.0. The Morgan fingerprint density at radius 1 is 1.26 bits per heavy atom. The lowest BCUT2D eigenvalue weighted by Crippen LogP contribution is -2.51. The Bertz CT molecular complexity index is 425. The van der Waals surface area contributed by atoms with Crippen molar-refractivity contribution in [2.24, 2.45) is 5.73 Å². The van der Waals surface area contributed by atoms with E-state index in [4.69, 9.17) is 10.5 Å². The number of morpholine rings is 1. The van der Waals surface area contributed by atoms with Crippen molar-refractivity contribution in [2.45, 2.75) is 45.8 Å². The zero-order chi connectivity index (χ0) is 13.8. The van der Waals surface area contributed by atoms with Crippen LogP contribution in [0.3, 0.4) is 0 Å². The van der Waals surface area contributed by atoms with E-state index in [0.29, 0.717) is 19.1 Å². The van der Waals surface area contributed by atoms with Gasteiger partial charge in [0.1, 0.15) is 0 Å². The van der Waals surface area contributed by atoms with Gasteiger partial charge in [0.2, 0.25) is 5.95 Å². The first-order chi connectivity index (χ1) is 9.19. The number of ether oxygens (including phenoxy) is 1. The molecule has 0 amide bonds. The third kappa shape index (κ3) is 3.01. The highest BCUT2D eigenvalue weighted by atomic mass is 16.5. The van der Waals surface area contributed by atoms with E-state index in [1.54, 1.807) is 0 Å². The summed E-state index contributed by atoms with van der Waals surface area (Å²) in [5.41, 5.74) is 7.71. The Kier molecular flexibility index (Phi) is 4.66. The molecule has 6 nitrogen and oxygen atoms in total. The highest BCUT2D eigenvalue weighted by Gasteiger charge is 2.27. The van der Waals surface area contributed by atoms with Gasteiger partial charge in [0.15, 0.2) is 0 Å².